The lowest BCUT2D eigenvalue weighted by Crippen LogP contribution is -1.86. The van der Waals surface area contributed by atoms with Crippen molar-refractivity contribution in [2.24, 2.45) is 12.0 Å². The Balaban J connectivity index is 2.19. The Morgan fingerprint density at radius 3 is 2.57 bits per heavy atom. The second-order valence-corrected chi connectivity index (χ2v) is 4.88. The average molecular weight is 280 g/mol. The average Bonchev–Trinajstić information content (AvgIpc) is 2.92. The van der Waals surface area contributed by atoms with E-state index >= 15 is 0 Å². The molecule has 108 valence electrons. The summed E-state index contributed by atoms with van der Waals surface area (Å²) < 4.78 is 1.78. The van der Waals surface area contributed by atoms with Crippen LogP contribution in [0.15, 0.2) is 53.6 Å². The molecular formula is C17H20N4. The van der Waals surface area contributed by atoms with E-state index in [-0.39, 0.29) is 0 Å². The zero-order valence-corrected chi connectivity index (χ0v) is 12.9. The van der Waals surface area contributed by atoms with Crippen LogP contribution in [0.25, 0.3) is 16.8 Å². The fraction of sp³-hybridized carbons (Fsp3) is 0.235. The molecule has 0 saturated carbocycles. The van der Waals surface area contributed by atoms with Crippen molar-refractivity contribution in [3.05, 3.63) is 54.1 Å². The molecule has 2 rings (SSSR count). The van der Waals surface area contributed by atoms with Crippen molar-refractivity contribution in [1.29, 1.82) is 0 Å². The molecule has 0 aliphatic rings. The number of aliphatic imine (C=N–C) groups is 1. The SMILES string of the molecule is C\C=N/C(C)=C/C=C(\C)c1ccc(-c2cnn(C)c2)nc1. The van der Waals surface area contributed by atoms with Gasteiger partial charge in [0.05, 0.1) is 11.9 Å². The quantitative estimate of drug-likeness (QED) is 0.630. The van der Waals surface area contributed by atoms with E-state index in [9.17, 15) is 0 Å². The fourth-order valence-electron chi connectivity index (χ4n) is 1.94. The maximum atomic E-state index is 4.50. The van der Waals surface area contributed by atoms with Crippen molar-refractivity contribution in [3.63, 3.8) is 0 Å². The Labute approximate surface area is 125 Å². The number of aryl methyl sites for hydroxylation is 1. The van der Waals surface area contributed by atoms with Gasteiger partial charge in [-0.3, -0.25) is 14.7 Å². The molecular weight excluding hydrogens is 260 g/mol. The maximum Gasteiger partial charge on any atom is 0.0733 e. The molecule has 4 nitrogen and oxygen atoms in total. The summed E-state index contributed by atoms with van der Waals surface area (Å²) in [5.74, 6) is 0. The first-order chi connectivity index (χ1) is 10.1. The van der Waals surface area contributed by atoms with Gasteiger partial charge in [-0.25, -0.2) is 0 Å². The van der Waals surface area contributed by atoms with Crippen LogP contribution in [0.3, 0.4) is 0 Å². The van der Waals surface area contributed by atoms with Gasteiger partial charge in [-0.2, -0.15) is 5.10 Å². The predicted octanol–water partition coefficient (Wildman–Crippen LogP) is 3.88. The Morgan fingerprint density at radius 2 is 2.00 bits per heavy atom. The number of nitrogens with zero attached hydrogens (tertiary/aromatic N) is 4. The Morgan fingerprint density at radius 1 is 1.19 bits per heavy atom. The molecule has 0 radical (unpaired) electrons. The summed E-state index contributed by atoms with van der Waals surface area (Å²) in [5.41, 5.74) is 5.20. The Kier molecular flexibility index (Phi) is 4.82. The van der Waals surface area contributed by atoms with E-state index in [4.69, 9.17) is 0 Å². The van der Waals surface area contributed by atoms with Gasteiger partial charge in [0.2, 0.25) is 0 Å². The molecule has 0 aliphatic heterocycles. The third kappa shape index (κ3) is 3.99. The van der Waals surface area contributed by atoms with Crippen molar-refractivity contribution in [3.8, 4) is 11.3 Å². The molecule has 0 atom stereocenters. The molecule has 21 heavy (non-hydrogen) atoms. The van der Waals surface area contributed by atoms with Gasteiger partial charge in [-0.1, -0.05) is 12.1 Å². The van der Waals surface area contributed by atoms with Crippen LogP contribution in [0, 0.1) is 0 Å². The Bertz CT molecular complexity index is 688. The van der Waals surface area contributed by atoms with E-state index in [0.717, 1.165) is 28.1 Å². The van der Waals surface area contributed by atoms with E-state index in [1.54, 1.807) is 10.9 Å². The van der Waals surface area contributed by atoms with E-state index in [1.165, 1.54) is 0 Å². The second kappa shape index (κ2) is 6.79. The minimum atomic E-state index is 0.932. The van der Waals surface area contributed by atoms with Crippen molar-refractivity contribution in [2.45, 2.75) is 20.8 Å². The molecule has 0 aromatic carbocycles. The van der Waals surface area contributed by atoms with Crippen molar-refractivity contribution in [2.75, 3.05) is 0 Å². The molecule has 0 N–H and O–H groups in total. The lowest BCUT2D eigenvalue weighted by Gasteiger charge is -2.02. The molecule has 0 aliphatic carbocycles. The second-order valence-electron chi connectivity index (χ2n) is 4.88. The largest absolute Gasteiger partial charge is 0.275 e. The van der Waals surface area contributed by atoms with Crippen LogP contribution in [0.2, 0.25) is 0 Å². The normalized spacial score (nSPS) is 13.1. The number of pyridine rings is 1. The zero-order valence-electron chi connectivity index (χ0n) is 12.9. The van der Waals surface area contributed by atoms with Crippen LogP contribution in [0.1, 0.15) is 26.3 Å². The first-order valence-corrected chi connectivity index (χ1v) is 6.89. The van der Waals surface area contributed by atoms with E-state index < -0.39 is 0 Å². The summed E-state index contributed by atoms with van der Waals surface area (Å²) in [6, 6.07) is 4.10. The summed E-state index contributed by atoms with van der Waals surface area (Å²) in [6.07, 6.45) is 11.5. The van der Waals surface area contributed by atoms with Gasteiger partial charge in [0.1, 0.15) is 0 Å². The van der Waals surface area contributed by atoms with Crippen molar-refractivity contribution in [1.82, 2.24) is 14.8 Å². The minimum absolute atomic E-state index is 0.932. The molecule has 0 fully saturated rings. The van der Waals surface area contributed by atoms with Crippen LogP contribution in [-0.4, -0.2) is 21.0 Å². The van der Waals surface area contributed by atoms with Gasteiger partial charge in [-0.05, 0) is 44.1 Å². The minimum Gasteiger partial charge on any atom is -0.275 e. The standard InChI is InChI=1S/C17H20N4/c1-5-18-14(3)7-6-13(2)15-8-9-17(19-10-15)16-11-20-21(4)12-16/h5-12H,1-4H3/b13-6+,14-7+,18-5-. The van der Waals surface area contributed by atoms with Gasteiger partial charge in [0, 0.05) is 36.9 Å². The first kappa shape index (κ1) is 14.9. The maximum absolute atomic E-state index is 4.50. The van der Waals surface area contributed by atoms with Gasteiger partial charge >= 0.3 is 0 Å². The lowest BCUT2D eigenvalue weighted by molar-refractivity contribution is 0.768. The van der Waals surface area contributed by atoms with Gasteiger partial charge < -0.3 is 0 Å². The highest BCUT2D eigenvalue weighted by atomic mass is 15.2. The number of aromatic nitrogens is 3. The monoisotopic (exact) mass is 280 g/mol. The highest BCUT2D eigenvalue weighted by Crippen LogP contribution is 2.19. The lowest BCUT2D eigenvalue weighted by atomic mass is 10.1. The van der Waals surface area contributed by atoms with Gasteiger partial charge in [0.25, 0.3) is 0 Å². The van der Waals surface area contributed by atoms with E-state index in [2.05, 4.69) is 34.1 Å². The molecule has 2 aromatic rings. The van der Waals surface area contributed by atoms with Crippen LogP contribution in [0.4, 0.5) is 0 Å². The van der Waals surface area contributed by atoms with Crippen LogP contribution < -0.4 is 0 Å². The highest BCUT2D eigenvalue weighted by Gasteiger charge is 2.02. The number of hydrogen-bond donors (Lipinski definition) is 0. The van der Waals surface area contributed by atoms with Crippen molar-refractivity contribution < 1.29 is 0 Å². The smallest absolute Gasteiger partial charge is 0.0733 e. The number of rotatable bonds is 4. The summed E-state index contributed by atoms with van der Waals surface area (Å²) in [7, 11) is 1.90. The summed E-state index contributed by atoms with van der Waals surface area (Å²) in [6.45, 7) is 5.96. The number of allylic oxidation sites excluding steroid dienone is 4. The molecule has 0 spiro atoms. The predicted molar refractivity (Wildman–Crippen MR) is 88.0 cm³/mol. The first-order valence-electron chi connectivity index (χ1n) is 6.89. The molecule has 2 heterocycles. The molecule has 0 saturated heterocycles. The highest BCUT2D eigenvalue weighted by molar-refractivity contribution is 5.67. The Hall–Kier alpha value is -2.49. The van der Waals surface area contributed by atoms with Gasteiger partial charge in [-0.15, -0.1) is 0 Å². The van der Waals surface area contributed by atoms with Crippen molar-refractivity contribution >= 4 is 11.8 Å². The zero-order chi connectivity index (χ0) is 15.2. The van der Waals surface area contributed by atoms with E-state index in [1.807, 2.05) is 51.6 Å². The molecule has 0 bridgehead atoms. The van der Waals surface area contributed by atoms with Crippen LogP contribution in [-0.2, 0) is 7.05 Å². The van der Waals surface area contributed by atoms with Gasteiger partial charge in [0.15, 0.2) is 0 Å². The van der Waals surface area contributed by atoms with Crippen LogP contribution in [0.5, 0.6) is 0 Å². The molecule has 2 aromatic heterocycles. The fourth-order valence-corrected chi connectivity index (χ4v) is 1.94. The van der Waals surface area contributed by atoms with E-state index in [0.29, 0.717) is 0 Å². The topological polar surface area (TPSA) is 43.1 Å². The molecule has 4 heteroatoms. The summed E-state index contributed by atoms with van der Waals surface area (Å²) >= 11 is 0. The third-order valence-electron chi connectivity index (χ3n) is 3.13. The molecule has 0 unspecified atom stereocenters. The third-order valence-corrected chi connectivity index (χ3v) is 3.13. The van der Waals surface area contributed by atoms with Crippen LogP contribution >= 0.6 is 0 Å². The number of hydrogen-bond acceptors (Lipinski definition) is 3. The summed E-state index contributed by atoms with van der Waals surface area (Å²) in [4.78, 5) is 8.72. The summed E-state index contributed by atoms with van der Waals surface area (Å²) in [5, 5.41) is 4.16. The molecule has 0 amide bonds.